The third-order valence-corrected chi connectivity index (χ3v) is 4.88. The topological polar surface area (TPSA) is 23.5 Å². The number of hydrogen-bond acceptors (Lipinski definition) is 2. The molecule has 0 aromatic carbocycles. The van der Waals surface area contributed by atoms with Gasteiger partial charge in [-0.3, -0.25) is 4.90 Å². The van der Waals surface area contributed by atoms with Gasteiger partial charge in [0.2, 0.25) is 0 Å². The van der Waals surface area contributed by atoms with Crippen molar-refractivity contribution >= 4 is 15.9 Å². The highest BCUT2D eigenvalue weighted by atomic mass is 79.9. The molecule has 1 rings (SSSR count). The molecule has 1 N–H and O–H groups in total. The number of hydrogen-bond donors (Lipinski definition) is 1. The Morgan fingerprint density at radius 2 is 2.00 bits per heavy atom. The molecule has 0 heterocycles. The van der Waals surface area contributed by atoms with Crippen LogP contribution in [-0.4, -0.2) is 41.1 Å². The van der Waals surface area contributed by atoms with Crippen molar-refractivity contribution in [2.24, 2.45) is 5.41 Å². The molecule has 1 aliphatic rings. The average molecular weight is 264 g/mol. The first-order chi connectivity index (χ1) is 6.46. The van der Waals surface area contributed by atoms with E-state index in [1.54, 1.807) is 0 Å². The third kappa shape index (κ3) is 2.50. The molecule has 0 aliphatic heterocycles. The Morgan fingerprint density at radius 1 is 1.43 bits per heavy atom. The van der Waals surface area contributed by atoms with Gasteiger partial charge in [-0.25, -0.2) is 0 Å². The number of rotatable bonds is 5. The van der Waals surface area contributed by atoms with Crippen LogP contribution in [0.5, 0.6) is 0 Å². The molecule has 0 amide bonds. The lowest BCUT2D eigenvalue weighted by molar-refractivity contribution is 0.0199. The Labute approximate surface area is 95.8 Å². The van der Waals surface area contributed by atoms with E-state index in [1.807, 2.05) is 0 Å². The van der Waals surface area contributed by atoms with Gasteiger partial charge < -0.3 is 5.11 Å². The molecule has 0 aromatic rings. The second-order valence-corrected chi connectivity index (χ2v) is 5.87. The maximum atomic E-state index is 9.27. The van der Waals surface area contributed by atoms with E-state index < -0.39 is 0 Å². The summed E-state index contributed by atoms with van der Waals surface area (Å²) in [4.78, 5) is 2.29. The molecule has 0 aromatic heterocycles. The van der Waals surface area contributed by atoms with Crippen LogP contribution in [0.2, 0.25) is 0 Å². The lowest BCUT2D eigenvalue weighted by atomic mass is 9.70. The van der Waals surface area contributed by atoms with Crippen LogP contribution >= 0.6 is 15.9 Å². The Balaban J connectivity index is 2.50. The lowest BCUT2D eigenvalue weighted by Gasteiger charge is -2.47. The summed E-state index contributed by atoms with van der Waals surface area (Å²) in [7, 11) is 2.11. The number of likely N-dealkylation sites (N-methyl/N-ethyl adjacent to an activating group) is 1. The number of alkyl halides is 1. The number of aliphatic hydroxyl groups excluding tert-OH is 1. The molecule has 1 aliphatic carbocycles. The van der Waals surface area contributed by atoms with E-state index in [1.165, 1.54) is 19.3 Å². The summed E-state index contributed by atoms with van der Waals surface area (Å²) in [5, 5.41) is 10.4. The molecule has 0 radical (unpaired) electrons. The van der Waals surface area contributed by atoms with Gasteiger partial charge in [0.05, 0.1) is 6.61 Å². The fourth-order valence-electron chi connectivity index (χ4n) is 1.85. The molecule has 14 heavy (non-hydrogen) atoms. The summed E-state index contributed by atoms with van der Waals surface area (Å²) in [5.41, 5.74) is 0.381. The Morgan fingerprint density at radius 3 is 2.29 bits per heavy atom. The molecular weight excluding hydrogens is 242 g/mol. The van der Waals surface area contributed by atoms with E-state index in [-0.39, 0.29) is 12.1 Å². The second kappa shape index (κ2) is 4.50. The molecule has 0 saturated heterocycles. The second-order valence-electron chi connectivity index (χ2n) is 5.31. The minimum Gasteiger partial charge on any atom is -0.394 e. The summed E-state index contributed by atoms with van der Waals surface area (Å²) < 4.78 is 0. The monoisotopic (exact) mass is 263 g/mol. The van der Waals surface area contributed by atoms with Gasteiger partial charge in [-0.2, -0.15) is 0 Å². The number of halogens is 1. The van der Waals surface area contributed by atoms with Crippen LogP contribution in [0.15, 0.2) is 0 Å². The Bertz CT molecular complexity index is 184. The SMILES string of the molecule is CN(CC1(CBr)CCC1)C(C)(C)CO. The average Bonchev–Trinajstić information content (AvgIpc) is 2.10. The van der Waals surface area contributed by atoms with Gasteiger partial charge in [-0.15, -0.1) is 0 Å². The van der Waals surface area contributed by atoms with Crippen LogP contribution in [0.1, 0.15) is 33.1 Å². The van der Waals surface area contributed by atoms with Gasteiger partial charge >= 0.3 is 0 Å². The van der Waals surface area contributed by atoms with Crippen LogP contribution in [0.4, 0.5) is 0 Å². The van der Waals surface area contributed by atoms with E-state index in [0.29, 0.717) is 5.41 Å². The van der Waals surface area contributed by atoms with Crippen LogP contribution < -0.4 is 0 Å². The highest BCUT2D eigenvalue weighted by molar-refractivity contribution is 9.09. The maximum Gasteiger partial charge on any atom is 0.0609 e. The Kier molecular flexibility index (Phi) is 4.01. The fraction of sp³-hybridized carbons (Fsp3) is 1.00. The summed E-state index contributed by atoms with van der Waals surface area (Å²) in [6.07, 6.45) is 4.01. The standard InChI is InChI=1S/C11H22BrNO/c1-10(2,9-14)13(3)8-11(7-12)5-4-6-11/h14H,4-9H2,1-3H3. The first-order valence-corrected chi connectivity index (χ1v) is 6.46. The lowest BCUT2D eigenvalue weighted by Crippen LogP contribution is -2.51. The quantitative estimate of drug-likeness (QED) is 0.770. The highest BCUT2D eigenvalue weighted by Gasteiger charge is 2.39. The van der Waals surface area contributed by atoms with E-state index in [0.717, 1.165) is 11.9 Å². The van der Waals surface area contributed by atoms with E-state index in [2.05, 4.69) is 41.7 Å². The largest absolute Gasteiger partial charge is 0.394 e. The van der Waals surface area contributed by atoms with Crippen LogP contribution in [-0.2, 0) is 0 Å². The van der Waals surface area contributed by atoms with Crippen molar-refractivity contribution in [3.63, 3.8) is 0 Å². The van der Waals surface area contributed by atoms with Gasteiger partial charge in [0.15, 0.2) is 0 Å². The summed E-state index contributed by atoms with van der Waals surface area (Å²) in [5.74, 6) is 0. The molecule has 0 atom stereocenters. The van der Waals surface area contributed by atoms with Crippen molar-refractivity contribution in [2.45, 2.75) is 38.6 Å². The molecule has 0 bridgehead atoms. The van der Waals surface area contributed by atoms with Crippen molar-refractivity contribution in [1.82, 2.24) is 4.90 Å². The van der Waals surface area contributed by atoms with Crippen LogP contribution in [0.25, 0.3) is 0 Å². The predicted octanol–water partition coefficient (Wildman–Crippen LogP) is 2.25. The number of aliphatic hydroxyl groups is 1. The minimum atomic E-state index is -0.0925. The van der Waals surface area contributed by atoms with E-state index in [4.69, 9.17) is 0 Å². The molecule has 0 unspecified atom stereocenters. The van der Waals surface area contributed by atoms with Crippen molar-refractivity contribution < 1.29 is 5.11 Å². The molecule has 2 nitrogen and oxygen atoms in total. The molecule has 3 heteroatoms. The minimum absolute atomic E-state index is 0.0925. The summed E-state index contributed by atoms with van der Waals surface area (Å²) in [6.45, 7) is 5.49. The maximum absolute atomic E-state index is 9.27. The molecule has 1 saturated carbocycles. The first-order valence-electron chi connectivity index (χ1n) is 5.34. The van der Waals surface area contributed by atoms with Gasteiger partial charge in [0.25, 0.3) is 0 Å². The van der Waals surface area contributed by atoms with Gasteiger partial charge in [-0.05, 0) is 39.2 Å². The predicted molar refractivity (Wildman–Crippen MR) is 63.9 cm³/mol. The third-order valence-electron chi connectivity index (χ3n) is 3.69. The van der Waals surface area contributed by atoms with Gasteiger partial charge in [-0.1, -0.05) is 22.4 Å². The van der Waals surface area contributed by atoms with Gasteiger partial charge in [0.1, 0.15) is 0 Å². The van der Waals surface area contributed by atoms with Crippen molar-refractivity contribution in [1.29, 1.82) is 0 Å². The normalized spacial score (nSPS) is 21.0. The molecule has 84 valence electrons. The smallest absolute Gasteiger partial charge is 0.0609 e. The zero-order valence-corrected chi connectivity index (χ0v) is 11.1. The molecule has 0 spiro atoms. The van der Waals surface area contributed by atoms with E-state index >= 15 is 0 Å². The zero-order valence-electron chi connectivity index (χ0n) is 9.52. The van der Waals surface area contributed by atoms with Crippen molar-refractivity contribution in [3.05, 3.63) is 0 Å². The van der Waals surface area contributed by atoms with Crippen LogP contribution in [0, 0.1) is 5.41 Å². The fourth-order valence-corrected chi connectivity index (χ4v) is 2.59. The number of nitrogens with zero attached hydrogens (tertiary/aromatic N) is 1. The summed E-state index contributed by atoms with van der Waals surface area (Å²) in [6, 6.07) is 0. The van der Waals surface area contributed by atoms with Crippen molar-refractivity contribution in [2.75, 3.05) is 25.5 Å². The highest BCUT2D eigenvalue weighted by Crippen LogP contribution is 2.43. The van der Waals surface area contributed by atoms with Crippen molar-refractivity contribution in [3.8, 4) is 0 Å². The summed E-state index contributed by atoms with van der Waals surface area (Å²) >= 11 is 3.61. The Hall–Kier alpha value is 0.400. The first kappa shape index (κ1) is 12.5. The van der Waals surface area contributed by atoms with Gasteiger partial charge in [0, 0.05) is 17.4 Å². The van der Waals surface area contributed by atoms with Crippen LogP contribution in [0.3, 0.4) is 0 Å². The molecular formula is C11H22BrNO. The molecule has 1 fully saturated rings. The zero-order chi connectivity index (χ0) is 10.8. The van der Waals surface area contributed by atoms with E-state index in [9.17, 15) is 5.11 Å².